The van der Waals surface area contributed by atoms with E-state index in [9.17, 15) is 13.2 Å². The minimum atomic E-state index is -4.36. The van der Waals surface area contributed by atoms with Gasteiger partial charge in [0, 0.05) is 12.7 Å². The van der Waals surface area contributed by atoms with Gasteiger partial charge >= 0.3 is 6.18 Å². The Labute approximate surface area is 75.9 Å². The fourth-order valence-corrected chi connectivity index (χ4v) is 0.464. The Bertz CT molecular complexity index is 213. The van der Waals surface area contributed by atoms with Crippen molar-refractivity contribution < 1.29 is 17.9 Å². The van der Waals surface area contributed by atoms with Crippen molar-refractivity contribution >= 4 is 0 Å². The van der Waals surface area contributed by atoms with Crippen LogP contribution in [-0.4, -0.2) is 18.9 Å². The van der Waals surface area contributed by atoms with E-state index >= 15 is 0 Å². The van der Waals surface area contributed by atoms with Crippen molar-refractivity contribution in [1.82, 2.24) is 0 Å². The molecule has 0 aromatic heterocycles. The van der Waals surface area contributed by atoms with Crippen molar-refractivity contribution in [1.29, 1.82) is 0 Å². The first kappa shape index (κ1) is 12.2. The topological polar surface area (TPSA) is 9.23 Å². The average molecular weight is 194 g/mol. The highest BCUT2D eigenvalue weighted by atomic mass is 19.4. The van der Waals surface area contributed by atoms with Crippen LogP contribution in [-0.2, 0) is 4.74 Å². The molecule has 0 aromatic rings. The summed E-state index contributed by atoms with van der Waals surface area (Å²) >= 11 is 0. The molecule has 1 nitrogen and oxygen atoms in total. The molecule has 4 heteroatoms. The van der Waals surface area contributed by atoms with Crippen molar-refractivity contribution in [3.05, 3.63) is 24.3 Å². The molecule has 0 atom stereocenters. The van der Waals surface area contributed by atoms with E-state index in [1.165, 1.54) is 13.2 Å². The Morgan fingerprint density at radius 1 is 1.31 bits per heavy atom. The van der Waals surface area contributed by atoms with Crippen LogP contribution in [0, 0.1) is 0 Å². The molecule has 13 heavy (non-hydrogen) atoms. The summed E-state index contributed by atoms with van der Waals surface area (Å²) in [5, 5.41) is 0. The van der Waals surface area contributed by atoms with Gasteiger partial charge < -0.3 is 4.74 Å². The van der Waals surface area contributed by atoms with Gasteiger partial charge in [-0.2, -0.15) is 13.2 Å². The van der Waals surface area contributed by atoms with Crippen molar-refractivity contribution in [2.75, 3.05) is 7.11 Å². The first-order valence-electron chi connectivity index (χ1n) is 3.69. The molecule has 76 valence electrons. The van der Waals surface area contributed by atoms with Crippen LogP contribution < -0.4 is 0 Å². The van der Waals surface area contributed by atoms with Crippen LogP contribution in [0.3, 0.4) is 0 Å². The lowest BCUT2D eigenvalue weighted by molar-refractivity contribution is -0.0879. The molecule has 0 amide bonds. The zero-order chi connectivity index (χ0) is 10.7. The SMILES string of the molecule is C=C(/C=C\C(C)(C)OC)C(F)(F)F. The fourth-order valence-electron chi connectivity index (χ4n) is 0.464. The van der Waals surface area contributed by atoms with E-state index in [0.29, 0.717) is 0 Å². The summed E-state index contributed by atoms with van der Waals surface area (Å²) in [5.41, 5.74) is -1.58. The van der Waals surface area contributed by atoms with Crippen LogP contribution in [0.1, 0.15) is 13.8 Å². The Balaban J connectivity index is 4.38. The molecule has 0 fully saturated rings. The standard InChI is InChI=1S/C9H13F3O/c1-7(9(10,11)12)5-6-8(2,3)13-4/h5-6H,1H2,2-4H3/b6-5-. The molecule has 0 aliphatic rings. The maximum atomic E-state index is 11.9. The van der Waals surface area contributed by atoms with Gasteiger partial charge in [-0.15, -0.1) is 0 Å². The second kappa shape index (κ2) is 3.96. The van der Waals surface area contributed by atoms with Crippen LogP contribution in [0.5, 0.6) is 0 Å². The molecule has 0 rings (SSSR count). The van der Waals surface area contributed by atoms with Crippen molar-refractivity contribution in [3.63, 3.8) is 0 Å². The van der Waals surface area contributed by atoms with Crippen LogP contribution in [0.25, 0.3) is 0 Å². The number of hydrogen-bond donors (Lipinski definition) is 0. The Hall–Kier alpha value is -0.770. The minimum absolute atomic E-state index is 0.700. The lowest BCUT2D eigenvalue weighted by atomic mass is 10.1. The van der Waals surface area contributed by atoms with Gasteiger partial charge in [0.1, 0.15) is 0 Å². The Kier molecular flexibility index (Phi) is 3.72. The molecule has 0 aliphatic heterocycles. The smallest absolute Gasteiger partial charge is 0.375 e. The van der Waals surface area contributed by atoms with Crippen molar-refractivity contribution in [2.24, 2.45) is 0 Å². The van der Waals surface area contributed by atoms with Crippen LogP contribution in [0.15, 0.2) is 24.3 Å². The fraction of sp³-hybridized carbons (Fsp3) is 0.556. The van der Waals surface area contributed by atoms with Crippen LogP contribution in [0.4, 0.5) is 13.2 Å². The van der Waals surface area contributed by atoms with Gasteiger partial charge in [0.25, 0.3) is 0 Å². The van der Waals surface area contributed by atoms with E-state index in [1.54, 1.807) is 13.8 Å². The second-order valence-electron chi connectivity index (χ2n) is 3.16. The first-order valence-corrected chi connectivity index (χ1v) is 3.69. The van der Waals surface area contributed by atoms with Crippen LogP contribution >= 0.6 is 0 Å². The summed E-state index contributed by atoms with van der Waals surface area (Å²) < 4.78 is 40.7. The Morgan fingerprint density at radius 3 is 2.08 bits per heavy atom. The largest absolute Gasteiger partial charge is 0.415 e. The van der Waals surface area contributed by atoms with Gasteiger partial charge in [-0.05, 0) is 13.8 Å². The molecule has 0 N–H and O–H groups in total. The molecule has 0 aromatic carbocycles. The number of rotatable bonds is 3. The van der Waals surface area contributed by atoms with Gasteiger partial charge in [-0.1, -0.05) is 18.7 Å². The molecule has 0 unspecified atom stereocenters. The zero-order valence-electron chi connectivity index (χ0n) is 7.90. The zero-order valence-corrected chi connectivity index (χ0v) is 7.90. The number of allylic oxidation sites excluding steroid dienone is 2. The highest BCUT2D eigenvalue weighted by Gasteiger charge is 2.30. The monoisotopic (exact) mass is 194 g/mol. The van der Waals surface area contributed by atoms with Crippen molar-refractivity contribution in [3.8, 4) is 0 Å². The highest BCUT2D eigenvalue weighted by Crippen LogP contribution is 2.25. The predicted molar refractivity (Wildman–Crippen MR) is 45.4 cm³/mol. The lowest BCUT2D eigenvalue weighted by Gasteiger charge is -2.18. The normalized spacial score (nSPS) is 13.7. The van der Waals surface area contributed by atoms with E-state index in [4.69, 9.17) is 4.74 Å². The summed E-state index contributed by atoms with van der Waals surface area (Å²) in [6.07, 6.45) is -2.12. The highest BCUT2D eigenvalue weighted by molar-refractivity contribution is 5.21. The molecule has 0 bridgehead atoms. The number of ether oxygens (including phenoxy) is 1. The van der Waals surface area contributed by atoms with E-state index < -0.39 is 17.4 Å². The molecular formula is C9H13F3O. The van der Waals surface area contributed by atoms with Gasteiger partial charge in [0.15, 0.2) is 0 Å². The van der Waals surface area contributed by atoms with Gasteiger partial charge in [0.2, 0.25) is 0 Å². The summed E-state index contributed by atoms with van der Waals surface area (Å²) in [6.45, 7) is 6.22. The van der Waals surface area contributed by atoms with Gasteiger partial charge in [-0.25, -0.2) is 0 Å². The Morgan fingerprint density at radius 2 is 1.77 bits per heavy atom. The van der Waals surface area contributed by atoms with Crippen molar-refractivity contribution in [2.45, 2.75) is 25.6 Å². The molecule has 0 spiro atoms. The van der Waals surface area contributed by atoms with Crippen LogP contribution in [0.2, 0.25) is 0 Å². The van der Waals surface area contributed by atoms with E-state index in [1.807, 2.05) is 0 Å². The molecule has 0 radical (unpaired) electrons. The average Bonchev–Trinajstić information content (AvgIpc) is 1.98. The third kappa shape index (κ3) is 4.72. The minimum Gasteiger partial charge on any atom is -0.375 e. The molecule has 0 saturated carbocycles. The predicted octanol–water partition coefficient (Wildman–Crippen LogP) is 3.09. The number of halogens is 3. The summed E-state index contributed by atoms with van der Waals surface area (Å²) in [6, 6.07) is 0. The maximum absolute atomic E-state index is 11.9. The number of methoxy groups -OCH3 is 1. The number of alkyl halides is 3. The first-order chi connectivity index (χ1) is 5.69. The quantitative estimate of drug-likeness (QED) is 0.627. The summed E-state index contributed by atoms with van der Waals surface area (Å²) in [5.74, 6) is 0. The van der Waals surface area contributed by atoms with Gasteiger partial charge in [-0.3, -0.25) is 0 Å². The van der Waals surface area contributed by atoms with Gasteiger partial charge in [0.05, 0.1) is 5.60 Å². The third-order valence-corrected chi connectivity index (χ3v) is 1.58. The summed E-state index contributed by atoms with van der Waals surface area (Å²) in [7, 11) is 1.43. The third-order valence-electron chi connectivity index (χ3n) is 1.58. The molecular weight excluding hydrogens is 181 g/mol. The lowest BCUT2D eigenvalue weighted by Crippen LogP contribution is -2.19. The number of hydrogen-bond acceptors (Lipinski definition) is 1. The second-order valence-corrected chi connectivity index (χ2v) is 3.16. The summed E-state index contributed by atoms with van der Waals surface area (Å²) in [4.78, 5) is 0. The molecule has 0 saturated heterocycles. The molecule has 0 aliphatic carbocycles. The van der Waals surface area contributed by atoms with E-state index in [2.05, 4.69) is 6.58 Å². The van der Waals surface area contributed by atoms with E-state index in [0.717, 1.165) is 6.08 Å². The molecule has 0 heterocycles. The van der Waals surface area contributed by atoms with E-state index in [-0.39, 0.29) is 0 Å². The maximum Gasteiger partial charge on any atom is 0.415 e.